The summed E-state index contributed by atoms with van der Waals surface area (Å²) < 4.78 is 39.1. The fraction of sp³-hybridized carbons (Fsp3) is 0.240. The first kappa shape index (κ1) is 24.8. The molecular weight excluding hydrogens is 523 g/mol. The van der Waals surface area contributed by atoms with Crippen molar-refractivity contribution in [2.45, 2.75) is 37.5 Å². The lowest BCUT2D eigenvalue weighted by atomic mass is 9.97. The number of hydrogen-bond acceptors (Lipinski definition) is 6. The zero-order valence-corrected chi connectivity index (χ0v) is 21.6. The van der Waals surface area contributed by atoms with Crippen LogP contribution in [0.15, 0.2) is 52.7 Å². The number of hydrogen-bond donors (Lipinski definition) is 1. The predicted molar refractivity (Wildman–Crippen MR) is 137 cm³/mol. The predicted octanol–water partition coefficient (Wildman–Crippen LogP) is 5.18. The molecule has 36 heavy (non-hydrogen) atoms. The number of sulfonamides is 1. The molecule has 0 bridgehead atoms. The Balaban J connectivity index is 1.67. The molecule has 0 saturated heterocycles. The van der Waals surface area contributed by atoms with Gasteiger partial charge in [0, 0.05) is 29.9 Å². The highest BCUT2D eigenvalue weighted by Gasteiger charge is 2.29. The third-order valence-corrected chi connectivity index (χ3v) is 8.31. The van der Waals surface area contributed by atoms with Gasteiger partial charge in [-0.2, -0.15) is 5.10 Å². The second kappa shape index (κ2) is 9.51. The van der Waals surface area contributed by atoms with E-state index in [1.54, 1.807) is 34.3 Å². The number of primary sulfonamides is 1. The van der Waals surface area contributed by atoms with Gasteiger partial charge in [0.05, 0.1) is 16.4 Å². The molecule has 7 nitrogen and oxygen atoms in total. The minimum atomic E-state index is -3.95. The Labute approximate surface area is 216 Å². The quantitative estimate of drug-likeness (QED) is 0.307. The number of carbonyl (C=O) groups excluding carboxylic acids is 1. The Morgan fingerprint density at radius 1 is 1.22 bits per heavy atom. The maximum absolute atomic E-state index is 13.7. The smallest absolute Gasteiger partial charge is 0.239 e. The van der Waals surface area contributed by atoms with Gasteiger partial charge in [0.15, 0.2) is 5.78 Å². The van der Waals surface area contributed by atoms with E-state index in [1.165, 1.54) is 36.5 Å². The van der Waals surface area contributed by atoms with Gasteiger partial charge in [0.2, 0.25) is 15.2 Å². The zero-order chi connectivity index (χ0) is 25.6. The van der Waals surface area contributed by atoms with Gasteiger partial charge >= 0.3 is 0 Å². The van der Waals surface area contributed by atoms with Crippen molar-refractivity contribution in [3.8, 4) is 16.4 Å². The molecule has 5 rings (SSSR count). The van der Waals surface area contributed by atoms with Crippen LogP contribution in [0.2, 0.25) is 5.02 Å². The third-order valence-electron chi connectivity index (χ3n) is 6.10. The van der Waals surface area contributed by atoms with Crippen LogP contribution in [-0.4, -0.2) is 29.0 Å². The summed E-state index contributed by atoms with van der Waals surface area (Å²) in [5.41, 5.74) is 4.41. The molecular formula is C25H22ClFN4O3S2. The highest BCUT2D eigenvalue weighted by Crippen LogP contribution is 2.38. The summed E-state index contributed by atoms with van der Waals surface area (Å²) in [4.78, 5) is 16.2. The molecule has 4 aromatic rings. The fourth-order valence-electron chi connectivity index (χ4n) is 4.09. The van der Waals surface area contributed by atoms with Gasteiger partial charge < -0.3 is 0 Å². The summed E-state index contributed by atoms with van der Waals surface area (Å²) in [5, 5.41) is 12.5. The van der Waals surface area contributed by atoms with Crippen LogP contribution in [0.25, 0.3) is 16.4 Å². The average molecular weight is 545 g/mol. The molecule has 1 aliphatic rings. The van der Waals surface area contributed by atoms with Crippen LogP contribution in [0.5, 0.6) is 0 Å². The van der Waals surface area contributed by atoms with E-state index in [4.69, 9.17) is 21.8 Å². The fourth-order valence-corrected chi connectivity index (χ4v) is 6.04. The van der Waals surface area contributed by atoms with Gasteiger partial charge in [0.25, 0.3) is 0 Å². The lowest BCUT2D eigenvalue weighted by Crippen LogP contribution is -2.12. The van der Waals surface area contributed by atoms with E-state index >= 15 is 0 Å². The number of rotatable bonds is 8. The maximum Gasteiger partial charge on any atom is 0.239 e. The van der Waals surface area contributed by atoms with Crippen molar-refractivity contribution >= 4 is 38.7 Å². The summed E-state index contributed by atoms with van der Waals surface area (Å²) in [5.74, 6) is 0.0344. The lowest BCUT2D eigenvalue weighted by Gasteiger charge is -2.10. The second-order valence-corrected chi connectivity index (χ2v) is 11.7. The van der Waals surface area contributed by atoms with Gasteiger partial charge in [-0.1, -0.05) is 17.7 Å². The van der Waals surface area contributed by atoms with Crippen LogP contribution in [0.3, 0.4) is 0 Å². The average Bonchev–Trinajstić information content (AvgIpc) is 3.37. The number of nitrogens with two attached hydrogens (primary N) is 1. The van der Waals surface area contributed by atoms with Gasteiger partial charge in [-0.3, -0.25) is 4.79 Å². The van der Waals surface area contributed by atoms with E-state index in [1.807, 2.05) is 0 Å². The molecule has 1 aliphatic carbocycles. The molecule has 2 aromatic heterocycles. The van der Waals surface area contributed by atoms with Crippen LogP contribution >= 0.6 is 22.9 Å². The van der Waals surface area contributed by atoms with Crippen LogP contribution < -0.4 is 5.14 Å². The largest absolute Gasteiger partial charge is 0.293 e. The Kier molecular flexibility index (Phi) is 6.54. The molecule has 1 saturated carbocycles. The molecule has 0 spiro atoms. The number of benzene rings is 2. The van der Waals surface area contributed by atoms with Crippen molar-refractivity contribution in [2.75, 3.05) is 0 Å². The van der Waals surface area contributed by atoms with E-state index in [-0.39, 0.29) is 21.5 Å². The van der Waals surface area contributed by atoms with Crippen molar-refractivity contribution in [1.29, 1.82) is 0 Å². The molecule has 2 aromatic carbocycles. The summed E-state index contributed by atoms with van der Waals surface area (Å²) in [7, 11) is -3.95. The molecule has 0 radical (unpaired) electrons. The number of aromatic nitrogens is 3. The van der Waals surface area contributed by atoms with Gasteiger partial charge in [-0.15, -0.1) is 11.3 Å². The van der Waals surface area contributed by atoms with E-state index < -0.39 is 10.0 Å². The molecule has 186 valence electrons. The topological polar surface area (TPSA) is 108 Å². The van der Waals surface area contributed by atoms with Gasteiger partial charge in [-0.05, 0) is 67.1 Å². The van der Waals surface area contributed by atoms with E-state index in [0.717, 1.165) is 41.6 Å². The van der Waals surface area contributed by atoms with Crippen molar-refractivity contribution in [2.24, 2.45) is 11.1 Å². The second-order valence-electron chi connectivity index (χ2n) is 8.90. The monoisotopic (exact) mass is 544 g/mol. The van der Waals surface area contributed by atoms with Crippen molar-refractivity contribution < 1.29 is 17.6 Å². The number of Topliss-reactive ketones (excluding diaryl/α,β-unsaturated/α-hetero) is 1. The number of nitrogens with zero attached hydrogens (tertiary/aromatic N) is 3. The zero-order valence-electron chi connectivity index (χ0n) is 19.2. The number of ketones is 1. The van der Waals surface area contributed by atoms with Gasteiger partial charge in [-0.25, -0.2) is 27.6 Å². The standard InChI is InChI=1S/C25H22ClFN4O3S2/c1-14(32)21-13-35-25(29-21)31-22(12-15-2-3-15)19(24(30-31)17-5-7-18(27)8-6-17)10-16-4-9-23(20(26)11-16)36(28,33)34/h4-9,11,13,15H,2-3,10,12H2,1H3,(H2,28,33,34). The Morgan fingerprint density at radius 2 is 1.94 bits per heavy atom. The highest BCUT2D eigenvalue weighted by molar-refractivity contribution is 7.89. The summed E-state index contributed by atoms with van der Waals surface area (Å²) in [6, 6.07) is 10.8. The highest BCUT2D eigenvalue weighted by atomic mass is 35.5. The van der Waals surface area contributed by atoms with Crippen LogP contribution in [-0.2, 0) is 22.9 Å². The van der Waals surface area contributed by atoms with Crippen molar-refractivity contribution in [1.82, 2.24) is 14.8 Å². The first-order valence-corrected chi connectivity index (χ1v) is 14.1. The molecule has 0 aliphatic heterocycles. The first-order valence-electron chi connectivity index (χ1n) is 11.2. The third kappa shape index (κ3) is 5.12. The van der Waals surface area contributed by atoms with E-state index in [0.29, 0.717) is 28.9 Å². The number of halogens is 2. The Hall–Kier alpha value is -2.92. The molecule has 2 heterocycles. The van der Waals surface area contributed by atoms with Crippen LogP contribution in [0.1, 0.15) is 47.1 Å². The van der Waals surface area contributed by atoms with Gasteiger partial charge in [0.1, 0.15) is 16.4 Å². The van der Waals surface area contributed by atoms with Crippen molar-refractivity contribution in [3.63, 3.8) is 0 Å². The minimum Gasteiger partial charge on any atom is -0.293 e. The summed E-state index contributed by atoms with van der Waals surface area (Å²) in [6.07, 6.45) is 3.40. The van der Waals surface area contributed by atoms with Crippen LogP contribution in [0, 0.1) is 11.7 Å². The lowest BCUT2D eigenvalue weighted by molar-refractivity contribution is 0.101. The molecule has 0 unspecified atom stereocenters. The van der Waals surface area contributed by atoms with E-state index in [9.17, 15) is 17.6 Å². The SMILES string of the molecule is CC(=O)c1csc(-n2nc(-c3ccc(F)cc3)c(Cc3ccc(S(N)(=O)=O)c(Cl)c3)c2CC2CC2)n1. The molecule has 1 fully saturated rings. The Morgan fingerprint density at radius 3 is 2.53 bits per heavy atom. The summed E-state index contributed by atoms with van der Waals surface area (Å²) >= 11 is 7.59. The van der Waals surface area contributed by atoms with E-state index in [2.05, 4.69) is 4.98 Å². The Bertz CT molecular complexity index is 1580. The molecule has 2 N–H and O–H groups in total. The number of thiazole rings is 1. The van der Waals surface area contributed by atoms with Crippen LogP contribution in [0.4, 0.5) is 4.39 Å². The molecule has 0 amide bonds. The molecule has 0 atom stereocenters. The first-order chi connectivity index (χ1) is 17.1. The number of carbonyl (C=O) groups is 1. The normalized spacial score (nSPS) is 13.8. The van der Waals surface area contributed by atoms with Crippen molar-refractivity contribution in [3.05, 3.63) is 81.2 Å². The maximum atomic E-state index is 13.7. The minimum absolute atomic E-state index is 0.0421. The molecule has 11 heteroatoms. The summed E-state index contributed by atoms with van der Waals surface area (Å²) in [6.45, 7) is 1.47.